The fourth-order valence-corrected chi connectivity index (χ4v) is 3.25. The molecule has 8 heteroatoms. The van der Waals surface area contributed by atoms with Crippen molar-refractivity contribution in [2.45, 2.75) is 0 Å². The first kappa shape index (κ1) is 20.0. The van der Waals surface area contributed by atoms with E-state index in [2.05, 4.69) is 20.7 Å². The number of ether oxygens (including phenoxy) is 2. The van der Waals surface area contributed by atoms with Crippen LogP contribution >= 0.6 is 0 Å². The maximum atomic E-state index is 12.5. The normalized spacial score (nSPS) is 11.0. The molecule has 1 heterocycles. The van der Waals surface area contributed by atoms with E-state index in [1.165, 1.54) is 19.4 Å². The van der Waals surface area contributed by atoms with Gasteiger partial charge in [-0.15, -0.1) is 0 Å². The Morgan fingerprint density at radius 3 is 2.68 bits per heavy atom. The zero-order chi connectivity index (χ0) is 21.8. The van der Waals surface area contributed by atoms with E-state index in [0.29, 0.717) is 22.8 Å². The molecular formula is C23H20N4O4. The summed E-state index contributed by atoms with van der Waals surface area (Å²) in [6.07, 6.45) is 1.45. The largest absolute Gasteiger partial charge is 0.504 e. The van der Waals surface area contributed by atoms with Crippen molar-refractivity contribution in [1.29, 1.82) is 0 Å². The van der Waals surface area contributed by atoms with Gasteiger partial charge in [-0.2, -0.15) is 10.2 Å². The average molecular weight is 416 g/mol. The van der Waals surface area contributed by atoms with Crippen LogP contribution in [-0.2, 0) is 0 Å². The number of H-pyrrole nitrogens is 1. The first-order valence-corrected chi connectivity index (χ1v) is 9.42. The number of benzene rings is 3. The summed E-state index contributed by atoms with van der Waals surface area (Å²) in [5.74, 6) is 0.562. The molecule has 4 aromatic rings. The van der Waals surface area contributed by atoms with Gasteiger partial charge in [0.1, 0.15) is 11.4 Å². The van der Waals surface area contributed by atoms with E-state index in [4.69, 9.17) is 9.47 Å². The van der Waals surface area contributed by atoms with Gasteiger partial charge in [0.15, 0.2) is 11.5 Å². The maximum Gasteiger partial charge on any atom is 0.289 e. The molecule has 0 aliphatic rings. The summed E-state index contributed by atoms with van der Waals surface area (Å²) >= 11 is 0. The minimum Gasteiger partial charge on any atom is -0.504 e. The lowest BCUT2D eigenvalue weighted by molar-refractivity contribution is 0.0950. The minimum atomic E-state index is -0.444. The molecule has 0 spiro atoms. The molecule has 31 heavy (non-hydrogen) atoms. The van der Waals surface area contributed by atoms with E-state index in [1.807, 2.05) is 36.4 Å². The van der Waals surface area contributed by atoms with Crippen molar-refractivity contribution < 1.29 is 19.4 Å². The first-order chi connectivity index (χ1) is 15.1. The highest BCUT2D eigenvalue weighted by molar-refractivity contribution is 6.00. The summed E-state index contributed by atoms with van der Waals surface area (Å²) in [4.78, 5) is 12.5. The summed E-state index contributed by atoms with van der Waals surface area (Å²) in [6.45, 7) is 0. The van der Waals surface area contributed by atoms with Crippen molar-refractivity contribution in [3.05, 3.63) is 71.9 Å². The van der Waals surface area contributed by atoms with E-state index < -0.39 is 5.91 Å². The first-order valence-electron chi connectivity index (χ1n) is 9.42. The van der Waals surface area contributed by atoms with Crippen LogP contribution in [0.5, 0.6) is 17.2 Å². The van der Waals surface area contributed by atoms with E-state index in [9.17, 15) is 9.90 Å². The predicted octanol–water partition coefficient (Wildman–Crippen LogP) is 3.72. The van der Waals surface area contributed by atoms with Crippen LogP contribution in [0.1, 0.15) is 16.1 Å². The molecule has 0 aliphatic carbocycles. The van der Waals surface area contributed by atoms with Crippen molar-refractivity contribution in [2.24, 2.45) is 5.10 Å². The van der Waals surface area contributed by atoms with Crippen LogP contribution in [0.15, 0.2) is 65.8 Å². The lowest BCUT2D eigenvalue weighted by atomic mass is 10.0. The molecule has 4 rings (SSSR count). The van der Waals surface area contributed by atoms with Crippen molar-refractivity contribution in [1.82, 2.24) is 15.6 Å². The molecular weight excluding hydrogens is 396 g/mol. The van der Waals surface area contributed by atoms with E-state index in [-0.39, 0.29) is 11.4 Å². The topological polar surface area (TPSA) is 109 Å². The number of hydrogen-bond acceptors (Lipinski definition) is 6. The number of hydrazone groups is 1. The highest BCUT2D eigenvalue weighted by Crippen LogP contribution is 2.36. The minimum absolute atomic E-state index is 0.0255. The van der Waals surface area contributed by atoms with Gasteiger partial charge in [0.25, 0.3) is 5.91 Å². The second kappa shape index (κ2) is 8.58. The molecule has 3 N–H and O–H groups in total. The number of rotatable bonds is 6. The Hall–Kier alpha value is -4.33. The molecule has 3 aromatic carbocycles. The number of aromatic hydroxyl groups is 1. The predicted molar refractivity (Wildman–Crippen MR) is 118 cm³/mol. The second-order valence-electron chi connectivity index (χ2n) is 6.66. The lowest BCUT2D eigenvalue weighted by Gasteiger charge is -2.09. The van der Waals surface area contributed by atoms with Gasteiger partial charge in [-0.25, -0.2) is 5.43 Å². The number of hydrogen-bond donors (Lipinski definition) is 3. The Labute approximate surface area is 178 Å². The number of carbonyl (C=O) groups is 1. The van der Waals surface area contributed by atoms with Crippen molar-refractivity contribution in [3.8, 4) is 28.5 Å². The second-order valence-corrected chi connectivity index (χ2v) is 6.66. The van der Waals surface area contributed by atoms with Crippen molar-refractivity contribution >= 4 is 22.9 Å². The Kier molecular flexibility index (Phi) is 5.53. The van der Waals surface area contributed by atoms with Gasteiger partial charge in [0.05, 0.1) is 31.7 Å². The molecule has 0 saturated heterocycles. The number of amides is 1. The van der Waals surface area contributed by atoms with Crippen LogP contribution in [0.3, 0.4) is 0 Å². The summed E-state index contributed by atoms with van der Waals surface area (Å²) in [5, 5.41) is 22.7. The quantitative estimate of drug-likeness (QED) is 0.328. The fraction of sp³-hybridized carbons (Fsp3) is 0.0870. The monoisotopic (exact) mass is 416 g/mol. The SMILES string of the molecule is COc1cc(C=NNC(=O)c2cc(-c3c(OC)ccc4ccccc34)n[nH]2)ccc1O. The average Bonchev–Trinajstić information content (AvgIpc) is 3.29. The third kappa shape index (κ3) is 4.04. The molecule has 0 unspecified atom stereocenters. The zero-order valence-corrected chi connectivity index (χ0v) is 16.9. The zero-order valence-electron chi connectivity index (χ0n) is 16.9. The van der Waals surface area contributed by atoms with E-state index in [1.54, 1.807) is 25.3 Å². The number of aromatic amines is 1. The molecule has 0 fully saturated rings. The van der Waals surface area contributed by atoms with Gasteiger partial charge in [-0.1, -0.05) is 30.3 Å². The molecule has 0 atom stereocenters. The molecule has 156 valence electrons. The van der Waals surface area contributed by atoms with Gasteiger partial charge in [0.2, 0.25) is 0 Å². The van der Waals surface area contributed by atoms with E-state index >= 15 is 0 Å². The summed E-state index contributed by atoms with van der Waals surface area (Å²) in [7, 11) is 3.05. The molecule has 0 bridgehead atoms. The van der Waals surface area contributed by atoms with Crippen LogP contribution < -0.4 is 14.9 Å². The molecule has 1 aromatic heterocycles. The van der Waals surface area contributed by atoms with Gasteiger partial charge in [-0.3, -0.25) is 9.89 Å². The van der Waals surface area contributed by atoms with Crippen LogP contribution in [0, 0.1) is 0 Å². The van der Waals surface area contributed by atoms with Crippen LogP contribution in [0.25, 0.3) is 22.0 Å². The van der Waals surface area contributed by atoms with Crippen LogP contribution in [0.2, 0.25) is 0 Å². The number of aromatic nitrogens is 2. The number of nitrogens with zero attached hydrogens (tertiary/aromatic N) is 2. The molecule has 0 aliphatic heterocycles. The molecule has 8 nitrogen and oxygen atoms in total. The Morgan fingerprint density at radius 2 is 1.87 bits per heavy atom. The summed E-state index contributed by atoms with van der Waals surface area (Å²) in [6, 6.07) is 18.1. The fourth-order valence-electron chi connectivity index (χ4n) is 3.25. The van der Waals surface area contributed by atoms with Crippen LogP contribution in [-0.4, -0.2) is 41.6 Å². The van der Waals surface area contributed by atoms with Crippen molar-refractivity contribution in [2.75, 3.05) is 14.2 Å². The highest BCUT2D eigenvalue weighted by atomic mass is 16.5. The van der Waals surface area contributed by atoms with E-state index in [0.717, 1.165) is 16.3 Å². The standard InChI is InChI=1S/C23H20N4O4/c1-30-20-10-8-15-5-3-4-6-16(15)22(20)17-12-18(26-25-17)23(29)27-24-13-14-7-9-19(28)21(11-14)31-2/h3-13,28H,1-2H3,(H,25,26)(H,27,29). The molecule has 1 amide bonds. The number of methoxy groups -OCH3 is 2. The van der Waals surface area contributed by atoms with Crippen molar-refractivity contribution in [3.63, 3.8) is 0 Å². The number of nitrogens with one attached hydrogen (secondary N) is 2. The molecule has 0 saturated carbocycles. The Bertz CT molecular complexity index is 1280. The lowest BCUT2D eigenvalue weighted by Crippen LogP contribution is -2.18. The van der Waals surface area contributed by atoms with Crippen LogP contribution in [0.4, 0.5) is 0 Å². The highest BCUT2D eigenvalue weighted by Gasteiger charge is 2.16. The number of phenolic OH excluding ortho intramolecular Hbond substituents is 1. The van der Waals surface area contributed by atoms with Gasteiger partial charge >= 0.3 is 0 Å². The number of carbonyl (C=O) groups excluding carboxylic acids is 1. The van der Waals surface area contributed by atoms with Gasteiger partial charge in [0, 0.05) is 0 Å². The number of fused-ring (bicyclic) bond motifs is 1. The maximum absolute atomic E-state index is 12.5. The Balaban J connectivity index is 1.56. The smallest absolute Gasteiger partial charge is 0.289 e. The number of phenols is 1. The summed E-state index contributed by atoms with van der Waals surface area (Å²) < 4.78 is 10.6. The summed E-state index contributed by atoms with van der Waals surface area (Å²) in [5.41, 5.74) is 4.75. The molecule has 0 radical (unpaired) electrons. The van der Waals surface area contributed by atoms with Gasteiger partial charge in [-0.05, 0) is 46.7 Å². The van der Waals surface area contributed by atoms with Gasteiger partial charge < -0.3 is 14.6 Å². The third-order valence-electron chi connectivity index (χ3n) is 4.77. The third-order valence-corrected chi connectivity index (χ3v) is 4.77. The Morgan fingerprint density at radius 1 is 1.06 bits per heavy atom.